The number of fused-ring (bicyclic) bond motifs is 1. The van der Waals surface area contributed by atoms with Crippen LogP contribution < -0.4 is 4.74 Å². The maximum absolute atomic E-state index is 5.96. The van der Waals surface area contributed by atoms with Crippen LogP contribution in [-0.4, -0.2) is 21.1 Å². The standard InChI is InChI=1S/C12H15N3O/c1-2-4-9(5-3-1)16-12-10-6-7-13-11(10)14-8-15-12/h6-9H,1-5H2,(H,13,14,15). The van der Waals surface area contributed by atoms with Crippen molar-refractivity contribution in [1.82, 2.24) is 15.0 Å². The normalized spacial score (nSPS) is 17.8. The zero-order valence-corrected chi connectivity index (χ0v) is 9.15. The van der Waals surface area contributed by atoms with Crippen molar-refractivity contribution in [3.05, 3.63) is 18.6 Å². The minimum atomic E-state index is 0.335. The molecule has 0 radical (unpaired) electrons. The average Bonchev–Trinajstić information content (AvgIpc) is 2.80. The maximum Gasteiger partial charge on any atom is 0.226 e. The molecule has 0 aromatic carbocycles. The van der Waals surface area contributed by atoms with E-state index in [1.165, 1.54) is 19.3 Å². The third-order valence-corrected chi connectivity index (χ3v) is 3.15. The first-order valence-corrected chi connectivity index (χ1v) is 5.88. The van der Waals surface area contributed by atoms with Crippen LogP contribution in [-0.2, 0) is 0 Å². The van der Waals surface area contributed by atoms with Crippen molar-refractivity contribution < 1.29 is 4.74 Å². The molecule has 3 rings (SSSR count). The van der Waals surface area contributed by atoms with Crippen LogP contribution in [0.15, 0.2) is 18.6 Å². The summed E-state index contributed by atoms with van der Waals surface area (Å²) in [5.41, 5.74) is 0.848. The summed E-state index contributed by atoms with van der Waals surface area (Å²) in [5.74, 6) is 0.721. The molecule has 1 aliphatic rings. The molecule has 0 amide bonds. The summed E-state index contributed by atoms with van der Waals surface area (Å²) in [6, 6.07) is 1.97. The van der Waals surface area contributed by atoms with Gasteiger partial charge < -0.3 is 9.72 Å². The van der Waals surface area contributed by atoms with Crippen molar-refractivity contribution in [2.24, 2.45) is 0 Å². The smallest absolute Gasteiger partial charge is 0.226 e. The molecule has 2 heterocycles. The number of hydrogen-bond acceptors (Lipinski definition) is 3. The Morgan fingerprint density at radius 2 is 2.06 bits per heavy atom. The SMILES string of the molecule is c1nc(OC2CCCCC2)c2cc[nH]c2n1. The molecule has 1 aliphatic carbocycles. The molecule has 84 valence electrons. The molecule has 0 spiro atoms. The summed E-state index contributed by atoms with van der Waals surface area (Å²) >= 11 is 0. The number of aromatic nitrogens is 3. The van der Waals surface area contributed by atoms with E-state index in [4.69, 9.17) is 4.74 Å². The van der Waals surface area contributed by atoms with Crippen molar-refractivity contribution in [1.29, 1.82) is 0 Å². The lowest BCUT2D eigenvalue weighted by Gasteiger charge is -2.22. The fourth-order valence-corrected chi connectivity index (χ4v) is 2.28. The first kappa shape index (κ1) is 9.63. The van der Waals surface area contributed by atoms with E-state index < -0.39 is 0 Å². The highest BCUT2D eigenvalue weighted by atomic mass is 16.5. The number of rotatable bonds is 2. The Morgan fingerprint density at radius 3 is 2.94 bits per heavy atom. The van der Waals surface area contributed by atoms with Gasteiger partial charge in [0, 0.05) is 6.20 Å². The van der Waals surface area contributed by atoms with Gasteiger partial charge in [0.1, 0.15) is 18.1 Å². The van der Waals surface area contributed by atoms with Crippen LogP contribution in [0.2, 0.25) is 0 Å². The van der Waals surface area contributed by atoms with Crippen molar-refractivity contribution >= 4 is 11.0 Å². The van der Waals surface area contributed by atoms with Gasteiger partial charge in [-0.3, -0.25) is 0 Å². The molecule has 16 heavy (non-hydrogen) atoms. The quantitative estimate of drug-likeness (QED) is 0.841. The lowest BCUT2D eigenvalue weighted by molar-refractivity contribution is 0.151. The second-order valence-corrected chi connectivity index (χ2v) is 4.30. The molecule has 4 heteroatoms. The van der Waals surface area contributed by atoms with Crippen LogP contribution in [0.5, 0.6) is 5.88 Å². The zero-order chi connectivity index (χ0) is 10.8. The predicted octanol–water partition coefficient (Wildman–Crippen LogP) is 2.67. The second kappa shape index (κ2) is 4.12. The van der Waals surface area contributed by atoms with Crippen LogP contribution in [0, 0.1) is 0 Å². The van der Waals surface area contributed by atoms with Gasteiger partial charge in [0.2, 0.25) is 5.88 Å². The van der Waals surface area contributed by atoms with Crippen LogP contribution >= 0.6 is 0 Å². The topological polar surface area (TPSA) is 50.8 Å². The minimum Gasteiger partial charge on any atom is -0.474 e. The molecule has 0 bridgehead atoms. The largest absolute Gasteiger partial charge is 0.474 e. The van der Waals surface area contributed by atoms with Gasteiger partial charge in [0.25, 0.3) is 0 Å². The van der Waals surface area contributed by atoms with E-state index in [0.717, 1.165) is 29.8 Å². The predicted molar refractivity (Wildman–Crippen MR) is 61.4 cm³/mol. The molecule has 2 aromatic rings. The number of ether oxygens (including phenoxy) is 1. The molecule has 4 nitrogen and oxygen atoms in total. The van der Waals surface area contributed by atoms with Gasteiger partial charge in [-0.25, -0.2) is 9.97 Å². The number of hydrogen-bond donors (Lipinski definition) is 1. The highest BCUT2D eigenvalue weighted by Gasteiger charge is 2.16. The Bertz CT molecular complexity index is 474. The number of aromatic amines is 1. The van der Waals surface area contributed by atoms with Crippen molar-refractivity contribution in [2.75, 3.05) is 0 Å². The highest BCUT2D eigenvalue weighted by molar-refractivity contribution is 5.80. The highest BCUT2D eigenvalue weighted by Crippen LogP contribution is 2.26. The minimum absolute atomic E-state index is 0.335. The summed E-state index contributed by atoms with van der Waals surface area (Å²) < 4.78 is 5.96. The zero-order valence-electron chi connectivity index (χ0n) is 9.15. The van der Waals surface area contributed by atoms with Crippen LogP contribution in [0.1, 0.15) is 32.1 Å². The Hall–Kier alpha value is -1.58. The van der Waals surface area contributed by atoms with Crippen LogP contribution in [0.3, 0.4) is 0 Å². The van der Waals surface area contributed by atoms with Crippen LogP contribution in [0.25, 0.3) is 11.0 Å². The Kier molecular flexibility index (Phi) is 2.48. The Balaban J connectivity index is 1.85. The third kappa shape index (κ3) is 1.75. The van der Waals surface area contributed by atoms with E-state index in [2.05, 4.69) is 15.0 Å². The summed E-state index contributed by atoms with van der Waals surface area (Å²) in [5, 5.41) is 0.980. The Morgan fingerprint density at radius 1 is 1.19 bits per heavy atom. The van der Waals surface area contributed by atoms with Gasteiger partial charge in [-0.05, 0) is 31.7 Å². The second-order valence-electron chi connectivity index (χ2n) is 4.30. The van der Waals surface area contributed by atoms with E-state index in [1.54, 1.807) is 6.33 Å². The molecular weight excluding hydrogens is 202 g/mol. The average molecular weight is 217 g/mol. The van der Waals surface area contributed by atoms with E-state index in [0.29, 0.717) is 6.10 Å². The number of H-pyrrole nitrogens is 1. The molecule has 0 aliphatic heterocycles. The first-order valence-electron chi connectivity index (χ1n) is 5.88. The van der Waals surface area contributed by atoms with E-state index in [9.17, 15) is 0 Å². The van der Waals surface area contributed by atoms with Crippen LogP contribution in [0.4, 0.5) is 0 Å². The lowest BCUT2D eigenvalue weighted by Crippen LogP contribution is -2.20. The fourth-order valence-electron chi connectivity index (χ4n) is 2.28. The van der Waals surface area contributed by atoms with E-state index in [-0.39, 0.29) is 0 Å². The first-order chi connectivity index (χ1) is 7.93. The van der Waals surface area contributed by atoms with Crippen molar-refractivity contribution in [3.63, 3.8) is 0 Å². The van der Waals surface area contributed by atoms with Gasteiger partial charge >= 0.3 is 0 Å². The Labute approximate surface area is 94.1 Å². The van der Waals surface area contributed by atoms with Crippen molar-refractivity contribution in [2.45, 2.75) is 38.2 Å². The number of nitrogens with one attached hydrogen (secondary N) is 1. The van der Waals surface area contributed by atoms with Gasteiger partial charge in [0.15, 0.2) is 0 Å². The molecular formula is C12H15N3O. The molecule has 1 N–H and O–H groups in total. The molecule has 1 fully saturated rings. The van der Waals surface area contributed by atoms with Gasteiger partial charge in [-0.15, -0.1) is 0 Å². The fraction of sp³-hybridized carbons (Fsp3) is 0.500. The van der Waals surface area contributed by atoms with E-state index in [1.807, 2.05) is 12.3 Å². The van der Waals surface area contributed by atoms with E-state index >= 15 is 0 Å². The van der Waals surface area contributed by atoms with Gasteiger partial charge in [-0.1, -0.05) is 6.42 Å². The third-order valence-electron chi connectivity index (χ3n) is 3.15. The van der Waals surface area contributed by atoms with Crippen molar-refractivity contribution in [3.8, 4) is 5.88 Å². The summed E-state index contributed by atoms with van der Waals surface area (Å²) in [6.45, 7) is 0. The molecule has 0 saturated heterocycles. The summed E-state index contributed by atoms with van der Waals surface area (Å²) in [6.07, 6.45) is 9.93. The molecule has 0 atom stereocenters. The molecule has 2 aromatic heterocycles. The summed E-state index contributed by atoms with van der Waals surface area (Å²) in [4.78, 5) is 11.4. The maximum atomic E-state index is 5.96. The number of nitrogens with zero attached hydrogens (tertiary/aromatic N) is 2. The molecule has 1 saturated carbocycles. The lowest BCUT2D eigenvalue weighted by atomic mass is 9.98. The monoisotopic (exact) mass is 217 g/mol. The van der Waals surface area contributed by atoms with Gasteiger partial charge in [0.05, 0.1) is 5.39 Å². The summed E-state index contributed by atoms with van der Waals surface area (Å²) in [7, 11) is 0. The molecule has 0 unspecified atom stereocenters. The van der Waals surface area contributed by atoms with Gasteiger partial charge in [-0.2, -0.15) is 0 Å².